The first kappa shape index (κ1) is 16.0. The van der Waals surface area contributed by atoms with E-state index in [4.69, 9.17) is 14.9 Å². The molecule has 1 unspecified atom stereocenters. The zero-order valence-electron chi connectivity index (χ0n) is 11.3. The fourth-order valence-corrected chi connectivity index (χ4v) is 1.58. The molecule has 1 amide bonds. The van der Waals surface area contributed by atoms with Gasteiger partial charge in [0.05, 0.1) is 13.2 Å². The van der Waals surface area contributed by atoms with Gasteiger partial charge in [0.2, 0.25) is 5.91 Å². The van der Waals surface area contributed by atoms with Gasteiger partial charge in [-0.15, -0.1) is 0 Å². The van der Waals surface area contributed by atoms with Crippen molar-refractivity contribution in [2.45, 2.75) is 25.8 Å². The molecule has 6 nitrogen and oxygen atoms in total. The first-order chi connectivity index (χ1) is 9.52. The van der Waals surface area contributed by atoms with Crippen LogP contribution in [0, 0.1) is 6.92 Å². The normalized spacial score (nSPS) is 11.7. The summed E-state index contributed by atoms with van der Waals surface area (Å²) in [5.74, 6) is -0.930. The maximum Gasteiger partial charge on any atom is 0.328 e. The van der Waals surface area contributed by atoms with Crippen LogP contribution in [0.25, 0.3) is 0 Å². The third-order valence-electron chi connectivity index (χ3n) is 2.62. The summed E-state index contributed by atoms with van der Waals surface area (Å²) >= 11 is 0. The lowest BCUT2D eigenvalue weighted by Crippen LogP contribution is -2.43. The van der Waals surface area contributed by atoms with E-state index in [2.05, 4.69) is 5.32 Å². The summed E-state index contributed by atoms with van der Waals surface area (Å²) in [5.41, 5.74) is 1.09. The molecule has 0 fully saturated rings. The van der Waals surface area contributed by atoms with Gasteiger partial charge in [-0.2, -0.15) is 0 Å². The van der Waals surface area contributed by atoms with Crippen molar-refractivity contribution in [2.75, 3.05) is 13.2 Å². The molecule has 0 bridgehead atoms. The second kappa shape index (κ2) is 8.16. The maximum atomic E-state index is 11.4. The van der Waals surface area contributed by atoms with Crippen molar-refractivity contribution in [3.63, 3.8) is 0 Å². The van der Waals surface area contributed by atoms with Crippen LogP contribution in [0.15, 0.2) is 24.3 Å². The Morgan fingerprint density at radius 2 is 2.15 bits per heavy atom. The lowest BCUT2D eigenvalue weighted by Gasteiger charge is -2.11. The van der Waals surface area contributed by atoms with Crippen LogP contribution in [-0.2, 0) is 9.59 Å². The third kappa shape index (κ3) is 5.71. The van der Waals surface area contributed by atoms with E-state index in [1.165, 1.54) is 0 Å². The number of aryl methyl sites for hydroxylation is 1. The molecule has 0 radical (unpaired) electrons. The Kier molecular flexibility index (Phi) is 6.52. The Morgan fingerprint density at radius 3 is 2.75 bits per heavy atom. The van der Waals surface area contributed by atoms with Crippen molar-refractivity contribution < 1.29 is 24.5 Å². The highest BCUT2D eigenvalue weighted by molar-refractivity contribution is 5.83. The Morgan fingerprint density at radius 1 is 1.40 bits per heavy atom. The topological polar surface area (TPSA) is 95.9 Å². The predicted octanol–water partition coefficient (Wildman–Crippen LogP) is 0.716. The fraction of sp³-hybridized carbons (Fsp3) is 0.429. The van der Waals surface area contributed by atoms with Gasteiger partial charge in [-0.1, -0.05) is 12.1 Å². The second-order valence-electron chi connectivity index (χ2n) is 4.41. The molecule has 0 saturated heterocycles. The van der Waals surface area contributed by atoms with Crippen molar-refractivity contribution in [2.24, 2.45) is 0 Å². The Bertz CT molecular complexity index is 461. The van der Waals surface area contributed by atoms with Gasteiger partial charge < -0.3 is 20.3 Å². The first-order valence-electron chi connectivity index (χ1n) is 6.35. The highest BCUT2D eigenvalue weighted by Gasteiger charge is 2.18. The van der Waals surface area contributed by atoms with E-state index in [1.807, 2.05) is 31.2 Å². The average molecular weight is 281 g/mol. The van der Waals surface area contributed by atoms with E-state index < -0.39 is 24.5 Å². The maximum absolute atomic E-state index is 11.4. The minimum atomic E-state index is -1.25. The molecular formula is C14H19NO5. The number of amides is 1. The lowest BCUT2D eigenvalue weighted by atomic mass is 10.2. The van der Waals surface area contributed by atoms with Crippen molar-refractivity contribution in [3.05, 3.63) is 29.8 Å². The second-order valence-corrected chi connectivity index (χ2v) is 4.41. The van der Waals surface area contributed by atoms with Gasteiger partial charge in [-0.3, -0.25) is 4.79 Å². The number of carbonyl (C=O) groups is 2. The first-order valence-corrected chi connectivity index (χ1v) is 6.35. The number of aliphatic carboxylic acids is 1. The summed E-state index contributed by atoms with van der Waals surface area (Å²) in [6, 6.07) is 6.32. The van der Waals surface area contributed by atoms with Crippen LogP contribution in [0.1, 0.15) is 18.4 Å². The van der Waals surface area contributed by atoms with Crippen LogP contribution in [0.2, 0.25) is 0 Å². The molecule has 110 valence electrons. The summed E-state index contributed by atoms with van der Waals surface area (Å²) in [6.45, 7) is 1.70. The van der Waals surface area contributed by atoms with E-state index in [0.29, 0.717) is 13.0 Å². The number of aliphatic hydroxyl groups excluding tert-OH is 1. The van der Waals surface area contributed by atoms with Crippen LogP contribution < -0.4 is 10.1 Å². The minimum absolute atomic E-state index is 0.148. The van der Waals surface area contributed by atoms with Crippen molar-refractivity contribution in [3.8, 4) is 5.75 Å². The number of carboxylic acid groups (broad SMARTS) is 1. The molecule has 0 heterocycles. The molecule has 0 aromatic heterocycles. The zero-order valence-corrected chi connectivity index (χ0v) is 11.3. The van der Waals surface area contributed by atoms with Crippen LogP contribution in [0.4, 0.5) is 0 Å². The highest BCUT2D eigenvalue weighted by Crippen LogP contribution is 2.12. The Balaban J connectivity index is 2.24. The van der Waals surface area contributed by atoms with Gasteiger partial charge in [0, 0.05) is 6.42 Å². The number of carbonyl (C=O) groups excluding carboxylic acids is 1. The molecule has 0 aliphatic carbocycles. The van der Waals surface area contributed by atoms with Gasteiger partial charge in [0.25, 0.3) is 0 Å². The summed E-state index contributed by atoms with van der Waals surface area (Å²) < 4.78 is 5.47. The number of rotatable bonds is 8. The number of ether oxygens (including phenoxy) is 1. The zero-order chi connectivity index (χ0) is 15.0. The predicted molar refractivity (Wildman–Crippen MR) is 72.6 cm³/mol. The Hall–Kier alpha value is -2.08. The Labute approximate surface area is 117 Å². The molecule has 0 aliphatic heterocycles. The summed E-state index contributed by atoms with van der Waals surface area (Å²) in [4.78, 5) is 22.1. The molecule has 0 saturated carbocycles. The molecular weight excluding hydrogens is 262 g/mol. The monoisotopic (exact) mass is 281 g/mol. The van der Waals surface area contributed by atoms with Gasteiger partial charge in [0.1, 0.15) is 11.8 Å². The molecule has 1 aromatic rings. The third-order valence-corrected chi connectivity index (χ3v) is 2.62. The minimum Gasteiger partial charge on any atom is -0.494 e. The molecule has 6 heteroatoms. The molecule has 20 heavy (non-hydrogen) atoms. The average Bonchev–Trinajstić information content (AvgIpc) is 2.40. The molecule has 3 N–H and O–H groups in total. The van der Waals surface area contributed by atoms with Gasteiger partial charge in [-0.25, -0.2) is 4.79 Å². The SMILES string of the molecule is Cc1cccc(OCCCC(=O)NC(CO)C(=O)O)c1. The van der Waals surface area contributed by atoms with Crippen molar-refractivity contribution in [1.82, 2.24) is 5.32 Å². The van der Waals surface area contributed by atoms with E-state index in [1.54, 1.807) is 0 Å². The number of aliphatic hydroxyl groups is 1. The molecule has 1 aromatic carbocycles. The summed E-state index contributed by atoms with van der Waals surface area (Å²) in [7, 11) is 0. The molecule has 1 atom stereocenters. The van der Waals surface area contributed by atoms with Crippen LogP contribution in [-0.4, -0.2) is 41.3 Å². The smallest absolute Gasteiger partial charge is 0.328 e. The van der Waals surface area contributed by atoms with E-state index >= 15 is 0 Å². The number of hydrogen-bond acceptors (Lipinski definition) is 4. The van der Waals surface area contributed by atoms with Crippen LogP contribution in [0.3, 0.4) is 0 Å². The number of nitrogens with one attached hydrogen (secondary N) is 1. The molecule has 0 spiro atoms. The van der Waals surface area contributed by atoms with E-state index in [9.17, 15) is 9.59 Å². The summed E-state index contributed by atoms with van der Waals surface area (Å²) in [5, 5.41) is 19.7. The summed E-state index contributed by atoms with van der Waals surface area (Å²) in [6.07, 6.45) is 0.618. The quantitative estimate of drug-likeness (QED) is 0.610. The fourth-order valence-electron chi connectivity index (χ4n) is 1.58. The van der Waals surface area contributed by atoms with Gasteiger partial charge in [-0.05, 0) is 31.0 Å². The molecule has 1 rings (SSSR count). The molecule has 0 aliphatic rings. The van der Waals surface area contributed by atoms with E-state index in [-0.39, 0.29) is 6.42 Å². The van der Waals surface area contributed by atoms with E-state index in [0.717, 1.165) is 11.3 Å². The van der Waals surface area contributed by atoms with Crippen molar-refractivity contribution >= 4 is 11.9 Å². The van der Waals surface area contributed by atoms with Crippen LogP contribution >= 0.6 is 0 Å². The van der Waals surface area contributed by atoms with Gasteiger partial charge in [0.15, 0.2) is 0 Å². The number of benzene rings is 1. The highest BCUT2D eigenvalue weighted by atomic mass is 16.5. The number of carboxylic acids is 1. The number of hydrogen-bond donors (Lipinski definition) is 3. The van der Waals surface area contributed by atoms with Gasteiger partial charge >= 0.3 is 5.97 Å². The van der Waals surface area contributed by atoms with Crippen LogP contribution in [0.5, 0.6) is 5.75 Å². The standard InChI is InChI=1S/C14H19NO5/c1-10-4-2-5-11(8-10)20-7-3-6-13(17)15-12(9-16)14(18)19/h2,4-5,8,12,16H,3,6-7,9H2,1H3,(H,15,17)(H,18,19). The lowest BCUT2D eigenvalue weighted by molar-refractivity contribution is -0.142. The largest absolute Gasteiger partial charge is 0.494 e. The van der Waals surface area contributed by atoms with Crippen molar-refractivity contribution in [1.29, 1.82) is 0 Å².